The number of hydrogen-bond donors (Lipinski definition) is 1. The van der Waals surface area contributed by atoms with E-state index in [0.29, 0.717) is 5.02 Å². The maximum atomic E-state index is 13.0. The lowest BCUT2D eigenvalue weighted by molar-refractivity contribution is -0.140. The van der Waals surface area contributed by atoms with E-state index in [4.69, 9.17) is 16.7 Å². The van der Waals surface area contributed by atoms with Gasteiger partial charge in [-0.05, 0) is 30.5 Å². The molecule has 1 saturated carbocycles. The van der Waals surface area contributed by atoms with E-state index in [0.717, 1.165) is 37.7 Å². The van der Waals surface area contributed by atoms with Gasteiger partial charge in [0.25, 0.3) is 0 Å². The van der Waals surface area contributed by atoms with Gasteiger partial charge in [-0.2, -0.15) is 0 Å². The lowest BCUT2D eigenvalue weighted by Gasteiger charge is -2.39. The van der Waals surface area contributed by atoms with Crippen molar-refractivity contribution in [3.05, 3.63) is 34.9 Å². The van der Waals surface area contributed by atoms with Crippen molar-refractivity contribution in [2.75, 3.05) is 13.6 Å². The van der Waals surface area contributed by atoms with Crippen LogP contribution in [0.1, 0.15) is 44.1 Å². The van der Waals surface area contributed by atoms with Gasteiger partial charge in [0.2, 0.25) is 5.91 Å². The highest BCUT2D eigenvalue weighted by Crippen LogP contribution is 2.41. The van der Waals surface area contributed by atoms with Gasteiger partial charge in [-0.1, -0.05) is 43.0 Å². The number of hydrogen-bond acceptors (Lipinski definition) is 2. The average molecular weight is 324 g/mol. The minimum Gasteiger partial charge on any atom is -0.481 e. The van der Waals surface area contributed by atoms with Crippen molar-refractivity contribution in [3.8, 4) is 0 Å². The molecule has 2 rings (SSSR count). The molecular weight excluding hydrogens is 302 g/mol. The van der Waals surface area contributed by atoms with Crippen LogP contribution in [-0.2, 0) is 15.0 Å². The first kappa shape index (κ1) is 16.8. The second-order valence-corrected chi connectivity index (χ2v) is 6.46. The van der Waals surface area contributed by atoms with Crippen molar-refractivity contribution in [1.82, 2.24) is 4.90 Å². The lowest BCUT2D eigenvalue weighted by atomic mass is 9.68. The number of benzene rings is 1. The molecule has 0 radical (unpaired) electrons. The smallest absolute Gasteiger partial charge is 0.305 e. The molecule has 4 nitrogen and oxygen atoms in total. The molecule has 0 heterocycles. The van der Waals surface area contributed by atoms with E-state index in [1.165, 1.54) is 0 Å². The second kappa shape index (κ2) is 7.14. The molecule has 1 amide bonds. The van der Waals surface area contributed by atoms with Crippen LogP contribution in [0.2, 0.25) is 5.02 Å². The molecule has 0 atom stereocenters. The van der Waals surface area contributed by atoms with Crippen molar-refractivity contribution in [2.45, 2.75) is 43.9 Å². The van der Waals surface area contributed by atoms with Crippen molar-refractivity contribution < 1.29 is 14.7 Å². The van der Waals surface area contributed by atoms with E-state index < -0.39 is 11.4 Å². The topological polar surface area (TPSA) is 57.6 Å². The van der Waals surface area contributed by atoms with Crippen LogP contribution in [0.25, 0.3) is 0 Å². The van der Waals surface area contributed by atoms with Crippen LogP contribution in [0, 0.1) is 0 Å². The van der Waals surface area contributed by atoms with E-state index in [-0.39, 0.29) is 18.9 Å². The molecule has 1 fully saturated rings. The zero-order chi connectivity index (χ0) is 16.2. The van der Waals surface area contributed by atoms with Crippen molar-refractivity contribution in [1.29, 1.82) is 0 Å². The molecule has 0 saturated heterocycles. The molecule has 0 spiro atoms. The van der Waals surface area contributed by atoms with Crippen LogP contribution in [0.5, 0.6) is 0 Å². The summed E-state index contributed by atoms with van der Waals surface area (Å²) in [6.07, 6.45) is 4.70. The summed E-state index contributed by atoms with van der Waals surface area (Å²) in [6, 6.07) is 7.51. The molecule has 1 N–H and O–H groups in total. The molecule has 22 heavy (non-hydrogen) atoms. The Morgan fingerprint density at radius 1 is 1.27 bits per heavy atom. The first-order valence-corrected chi connectivity index (χ1v) is 8.07. The Labute approximate surface area is 136 Å². The number of carboxylic acids is 1. The third-order valence-corrected chi connectivity index (χ3v) is 4.74. The highest BCUT2D eigenvalue weighted by Gasteiger charge is 2.42. The largest absolute Gasteiger partial charge is 0.481 e. The molecule has 1 aromatic carbocycles. The number of carboxylic acid groups (broad SMARTS) is 1. The maximum absolute atomic E-state index is 13.0. The van der Waals surface area contributed by atoms with Gasteiger partial charge in [-0.15, -0.1) is 0 Å². The summed E-state index contributed by atoms with van der Waals surface area (Å²) in [4.78, 5) is 25.3. The Kier molecular flexibility index (Phi) is 5.46. The number of likely N-dealkylation sites (N-methyl/N-ethyl adjacent to an activating group) is 1. The Bertz CT molecular complexity index is 553. The third kappa shape index (κ3) is 3.61. The van der Waals surface area contributed by atoms with Crippen molar-refractivity contribution >= 4 is 23.5 Å². The predicted molar refractivity (Wildman–Crippen MR) is 86.1 cm³/mol. The fraction of sp³-hybridized carbons (Fsp3) is 0.529. The minimum atomic E-state index is -0.889. The van der Waals surface area contributed by atoms with E-state index in [2.05, 4.69) is 0 Å². The number of amides is 1. The molecule has 1 aliphatic rings. The van der Waals surface area contributed by atoms with Gasteiger partial charge in [0.1, 0.15) is 0 Å². The van der Waals surface area contributed by atoms with Gasteiger partial charge >= 0.3 is 5.97 Å². The molecule has 0 aliphatic heterocycles. The number of carbonyl (C=O) groups excluding carboxylic acids is 1. The summed E-state index contributed by atoms with van der Waals surface area (Å²) in [5.41, 5.74) is 0.392. The third-order valence-electron chi connectivity index (χ3n) is 4.50. The van der Waals surface area contributed by atoms with Crippen molar-refractivity contribution in [2.24, 2.45) is 0 Å². The van der Waals surface area contributed by atoms with Crippen LogP contribution < -0.4 is 0 Å². The van der Waals surface area contributed by atoms with Gasteiger partial charge < -0.3 is 10.0 Å². The molecule has 5 heteroatoms. The summed E-state index contributed by atoms with van der Waals surface area (Å²) < 4.78 is 0. The van der Waals surface area contributed by atoms with Gasteiger partial charge in [-0.3, -0.25) is 9.59 Å². The van der Waals surface area contributed by atoms with Crippen LogP contribution in [-0.4, -0.2) is 35.5 Å². The SMILES string of the molecule is CN(CCC(=O)O)C(=O)C1(c2cccc(Cl)c2)CCCCC1. The summed E-state index contributed by atoms with van der Waals surface area (Å²) in [7, 11) is 1.69. The van der Waals surface area contributed by atoms with E-state index in [1.807, 2.05) is 18.2 Å². The molecule has 0 unspecified atom stereocenters. The normalized spacial score (nSPS) is 17.0. The number of rotatable bonds is 5. The van der Waals surface area contributed by atoms with Gasteiger partial charge in [-0.25, -0.2) is 0 Å². The molecule has 0 bridgehead atoms. The molecule has 0 aromatic heterocycles. The molecule has 1 aliphatic carbocycles. The molecule has 1 aromatic rings. The van der Waals surface area contributed by atoms with Crippen LogP contribution in [0.3, 0.4) is 0 Å². The standard InChI is InChI=1S/C17H22ClNO3/c1-19(11-8-15(20)21)16(22)17(9-3-2-4-10-17)13-6-5-7-14(18)12-13/h5-7,12H,2-4,8-11H2,1H3,(H,20,21). The minimum absolute atomic E-state index is 0.00992. The lowest BCUT2D eigenvalue weighted by Crippen LogP contribution is -2.47. The highest BCUT2D eigenvalue weighted by atomic mass is 35.5. The summed E-state index contributed by atoms with van der Waals surface area (Å²) in [5.74, 6) is -0.879. The van der Waals surface area contributed by atoms with Gasteiger partial charge in [0.05, 0.1) is 11.8 Å². The quantitative estimate of drug-likeness (QED) is 0.902. The number of nitrogens with zero attached hydrogens (tertiary/aromatic N) is 1. The Morgan fingerprint density at radius 2 is 1.95 bits per heavy atom. The Hall–Kier alpha value is -1.55. The monoisotopic (exact) mass is 323 g/mol. The zero-order valence-corrected chi connectivity index (χ0v) is 13.6. The number of halogens is 1. The zero-order valence-electron chi connectivity index (χ0n) is 12.8. The van der Waals surface area contributed by atoms with E-state index in [9.17, 15) is 9.59 Å². The Morgan fingerprint density at radius 3 is 2.55 bits per heavy atom. The fourth-order valence-corrected chi connectivity index (χ4v) is 3.49. The first-order chi connectivity index (χ1) is 10.5. The second-order valence-electron chi connectivity index (χ2n) is 6.02. The van der Waals surface area contributed by atoms with Crippen LogP contribution >= 0.6 is 11.6 Å². The van der Waals surface area contributed by atoms with E-state index >= 15 is 0 Å². The highest BCUT2D eigenvalue weighted by molar-refractivity contribution is 6.30. The molecular formula is C17H22ClNO3. The van der Waals surface area contributed by atoms with Crippen LogP contribution in [0.4, 0.5) is 0 Å². The average Bonchev–Trinajstić information content (AvgIpc) is 2.52. The summed E-state index contributed by atoms with van der Waals surface area (Å²) in [6.45, 7) is 0.233. The number of aliphatic carboxylic acids is 1. The first-order valence-electron chi connectivity index (χ1n) is 7.69. The predicted octanol–water partition coefficient (Wildman–Crippen LogP) is 3.48. The maximum Gasteiger partial charge on any atom is 0.305 e. The molecule has 120 valence electrons. The van der Waals surface area contributed by atoms with E-state index in [1.54, 1.807) is 18.0 Å². The van der Waals surface area contributed by atoms with Gasteiger partial charge in [0.15, 0.2) is 0 Å². The number of carbonyl (C=O) groups is 2. The Balaban J connectivity index is 2.29. The van der Waals surface area contributed by atoms with Crippen molar-refractivity contribution in [3.63, 3.8) is 0 Å². The summed E-state index contributed by atoms with van der Waals surface area (Å²) >= 11 is 6.11. The fourth-order valence-electron chi connectivity index (χ4n) is 3.30. The van der Waals surface area contributed by atoms with Crippen LogP contribution in [0.15, 0.2) is 24.3 Å². The van der Waals surface area contributed by atoms with Gasteiger partial charge in [0, 0.05) is 18.6 Å². The summed E-state index contributed by atoms with van der Waals surface area (Å²) in [5, 5.41) is 9.44.